The molecule has 0 aromatic carbocycles. The highest BCUT2D eigenvalue weighted by atomic mass is 16.3. The van der Waals surface area contributed by atoms with Gasteiger partial charge in [0.05, 0.1) is 12.6 Å². The van der Waals surface area contributed by atoms with E-state index in [1.807, 2.05) is 0 Å². The van der Waals surface area contributed by atoms with Gasteiger partial charge in [0.2, 0.25) is 0 Å². The van der Waals surface area contributed by atoms with Gasteiger partial charge in [-0.3, -0.25) is 4.90 Å². The Balaban J connectivity index is 1.61. The third kappa shape index (κ3) is 4.28. The summed E-state index contributed by atoms with van der Waals surface area (Å²) in [7, 11) is 0. The van der Waals surface area contributed by atoms with E-state index in [1.165, 1.54) is 25.7 Å². The standard InChI is InChI=1S/C15H26N2O/c1-2-8-17-9-6-14(7-10-17)16-12-13-4-3-5-15(18)11-13/h1,13-16,18H,3-12H2. The first-order valence-corrected chi connectivity index (χ1v) is 7.35. The van der Waals surface area contributed by atoms with E-state index >= 15 is 0 Å². The molecular formula is C15H26N2O. The predicted octanol–water partition coefficient (Wildman–Crippen LogP) is 1.22. The Bertz CT molecular complexity index is 279. The lowest BCUT2D eigenvalue weighted by Crippen LogP contribution is -2.44. The van der Waals surface area contributed by atoms with Gasteiger partial charge in [-0.2, -0.15) is 0 Å². The number of hydrogen-bond donors (Lipinski definition) is 2. The number of aliphatic hydroxyl groups is 1. The van der Waals surface area contributed by atoms with Crippen molar-refractivity contribution in [2.24, 2.45) is 5.92 Å². The van der Waals surface area contributed by atoms with Crippen LogP contribution in [0, 0.1) is 18.3 Å². The molecule has 1 saturated carbocycles. The SMILES string of the molecule is C#CCN1CCC(NCC2CCCC(O)C2)CC1. The smallest absolute Gasteiger partial charge is 0.0598 e. The molecule has 0 amide bonds. The fraction of sp³-hybridized carbons (Fsp3) is 0.867. The second-order valence-corrected chi connectivity index (χ2v) is 5.85. The highest BCUT2D eigenvalue weighted by Crippen LogP contribution is 2.24. The Labute approximate surface area is 111 Å². The summed E-state index contributed by atoms with van der Waals surface area (Å²) in [6, 6.07) is 0.651. The topological polar surface area (TPSA) is 35.5 Å². The van der Waals surface area contributed by atoms with Crippen molar-refractivity contribution in [3.63, 3.8) is 0 Å². The van der Waals surface area contributed by atoms with E-state index < -0.39 is 0 Å². The minimum Gasteiger partial charge on any atom is -0.393 e. The van der Waals surface area contributed by atoms with Crippen LogP contribution in [0.2, 0.25) is 0 Å². The van der Waals surface area contributed by atoms with Gasteiger partial charge in [0.1, 0.15) is 0 Å². The van der Waals surface area contributed by atoms with Crippen LogP contribution in [0.4, 0.5) is 0 Å². The van der Waals surface area contributed by atoms with Crippen LogP contribution in [-0.4, -0.2) is 48.3 Å². The Morgan fingerprint density at radius 2 is 2.00 bits per heavy atom. The molecule has 1 aliphatic heterocycles. The van der Waals surface area contributed by atoms with Gasteiger partial charge >= 0.3 is 0 Å². The fourth-order valence-corrected chi connectivity index (χ4v) is 3.21. The predicted molar refractivity (Wildman–Crippen MR) is 74.3 cm³/mol. The number of aliphatic hydroxyl groups excluding tert-OH is 1. The molecule has 0 aromatic rings. The maximum absolute atomic E-state index is 9.66. The van der Waals surface area contributed by atoms with Crippen molar-refractivity contribution in [1.82, 2.24) is 10.2 Å². The molecule has 0 aromatic heterocycles. The molecule has 1 heterocycles. The van der Waals surface area contributed by atoms with Gasteiger partial charge < -0.3 is 10.4 Å². The molecule has 0 spiro atoms. The molecule has 102 valence electrons. The van der Waals surface area contributed by atoms with Crippen molar-refractivity contribution >= 4 is 0 Å². The molecule has 0 radical (unpaired) electrons. The van der Waals surface area contributed by atoms with Crippen molar-refractivity contribution in [2.75, 3.05) is 26.2 Å². The molecule has 3 heteroatoms. The first kappa shape index (κ1) is 13.9. The van der Waals surface area contributed by atoms with Crippen LogP contribution >= 0.6 is 0 Å². The Hall–Kier alpha value is -0.560. The average molecular weight is 250 g/mol. The molecule has 2 N–H and O–H groups in total. The third-order valence-corrected chi connectivity index (χ3v) is 4.35. The summed E-state index contributed by atoms with van der Waals surface area (Å²) >= 11 is 0. The van der Waals surface area contributed by atoms with Gasteiger partial charge in [-0.25, -0.2) is 0 Å². The zero-order valence-corrected chi connectivity index (χ0v) is 11.3. The summed E-state index contributed by atoms with van der Waals surface area (Å²) < 4.78 is 0. The summed E-state index contributed by atoms with van der Waals surface area (Å²) in [6.07, 6.45) is 12.1. The summed E-state index contributed by atoms with van der Waals surface area (Å²) in [4.78, 5) is 2.35. The quantitative estimate of drug-likeness (QED) is 0.737. The molecule has 2 unspecified atom stereocenters. The van der Waals surface area contributed by atoms with Crippen LogP contribution in [0.3, 0.4) is 0 Å². The van der Waals surface area contributed by atoms with E-state index in [0.29, 0.717) is 12.0 Å². The average Bonchev–Trinajstić information content (AvgIpc) is 2.38. The maximum atomic E-state index is 9.66. The monoisotopic (exact) mass is 250 g/mol. The number of hydrogen-bond acceptors (Lipinski definition) is 3. The van der Waals surface area contributed by atoms with Gasteiger partial charge in [0.25, 0.3) is 0 Å². The van der Waals surface area contributed by atoms with Gasteiger partial charge in [-0.05, 0) is 44.6 Å². The fourth-order valence-electron chi connectivity index (χ4n) is 3.21. The largest absolute Gasteiger partial charge is 0.393 e. The molecule has 1 aliphatic carbocycles. The van der Waals surface area contributed by atoms with Crippen molar-refractivity contribution in [3.05, 3.63) is 0 Å². The molecule has 2 atom stereocenters. The minimum absolute atomic E-state index is 0.0528. The van der Waals surface area contributed by atoms with Crippen LogP contribution < -0.4 is 5.32 Å². The van der Waals surface area contributed by atoms with E-state index in [0.717, 1.165) is 39.0 Å². The van der Waals surface area contributed by atoms with Crippen LogP contribution in [0.1, 0.15) is 38.5 Å². The van der Waals surface area contributed by atoms with Gasteiger partial charge in [-0.15, -0.1) is 6.42 Å². The first-order chi connectivity index (χ1) is 8.78. The molecule has 2 rings (SSSR count). The first-order valence-electron chi connectivity index (χ1n) is 7.35. The van der Waals surface area contributed by atoms with Crippen molar-refractivity contribution in [2.45, 2.75) is 50.7 Å². The normalized spacial score (nSPS) is 31.1. The van der Waals surface area contributed by atoms with E-state index in [2.05, 4.69) is 16.1 Å². The van der Waals surface area contributed by atoms with E-state index in [1.54, 1.807) is 0 Å². The molecule has 1 saturated heterocycles. The number of rotatable bonds is 4. The lowest BCUT2D eigenvalue weighted by atomic mass is 9.87. The van der Waals surface area contributed by atoms with Crippen LogP contribution in [0.25, 0.3) is 0 Å². The van der Waals surface area contributed by atoms with Gasteiger partial charge in [0, 0.05) is 19.1 Å². The van der Waals surface area contributed by atoms with E-state index in [4.69, 9.17) is 6.42 Å². The molecule has 2 aliphatic rings. The minimum atomic E-state index is -0.0528. The lowest BCUT2D eigenvalue weighted by molar-refractivity contribution is 0.0980. The summed E-state index contributed by atoms with van der Waals surface area (Å²) in [5.41, 5.74) is 0. The van der Waals surface area contributed by atoms with Crippen LogP contribution in [-0.2, 0) is 0 Å². The zero-order valence-electron chi connectivity index (χ0n) is 11.3. The van der Waals surface area contributed by atoms with Crippen LogP contribution in [0.5, 0.6) is 0 Å². The second-order valence-electron chi connectivity index (χ2n) is 5.85. The summed E-state index contributed by atoms with van der Waals surface area (Å²) in [6.45, 7) is 4.11. The van der Waals surface area contributed by atoms with Gasteiger partial charge in [-0.1, -0.05) is 12.3 Å². The van der Waals surface area contributed by atoms with Crippen molar-refractivity contribution < 1.29 is 5.11 Å². The Kier molecular flexibility index (Phi) is 5.49. The molecule has 18 heavy (non-hydrogen) atoms. The molecular weight excluding hydrogens is 224 g/mol. The van der Waals surface area contributed by atoms with Gasteiger partial charge in [0.15, 0.2) is 0 Å². The van der Waals surface area contributed by atoms with Crippen LogP contribution in [0.15, 0.2) is 0 Å². The van der Waals surface area contributed by atoms with Crippen molar-refractivity contribution in [3.8, 4) is 12.3 Å². The highest BCUT2D eigenvalue weighted by molar-refractivity contribution is 4.90. The molecule has 2 fully saturated rings. The Morgan fingerprint density at radius 3 is 2.67 bits per heavy atom. The zero-order chi connectivity index (χ0) is 12.8. The molecule has 3 nitrogen and oxygen atoms in total. The third-order valence-electron chi connectivity index (χ3n) is 4.35. The lowest BCUT2D eigenvalue weighted by Gasteiger charge is -2.33. The second kappa shape index (κ2) is 7.13. The number of nitrogens with one attached hydrogen (secondary N) is 1. The summed E-state index contributed by atoms with van der Waals surface area (Å²) in [5, 5.41) is 13.3. The Morgan fingerprint density at radius 1 is 1.22 bits per heavy atom. The number of piperidine rings is 1. The number of terminal acetylenes is 1. The van der Waals surface area contributed by atoms with E-state index in [9.17, 15) is 5.11 Å². The van der Waals surface area contributed by atoms with E-state index in [-0.39, 0.29) is 6.10 Å². The van der Waals surface area contributed by atoms with Crippen molar-refractivity contribution in [1.29, 1.82) is 0 Å². The number of nitrogens with zero attached hydrogens (tertiary/aromatic N) is 1. The molecule has 0 bridgehead atoms. The maximum Gasteiger partial charge on any atom is 0.0598 e. The summed E-state index contributed by atoms with van der Waals surface area (Å²) in [5.74, 6) is 3.40. The number of likely N-dealkylation sites (tertiary alicyclic amines) is 1. The highest BCUT2D eigenvalue weighted by Gasteiger charge is 2.22.